The third kappa shape index (κ3) is 27.3. The number of aromatic nitrogens is 20. The predicted octanol–water partition coefficient (Wildman–Crippen LogP) is 17.8. The Hall–Kier alpha value is -16.0. The number of carbonyl (C=O) groups excluding carboxylic acids is 4. The minimum atomic E-state index is -1.18. The fraction of sp³-hybridized carbons (Fsp3) is 0.225. The smallest absolute Gasteiger partial charge is 0.425 e. The second-order valence-electron chi connectivity index (χ2n) is 32.2. The Bertz CT molecular complexity index is 6810. The van der Waals surface area contributed by atoms with Gasteiger partial charge in [0.15, 0.2) is 57.6 Å². The molecular weight excluding hydrogens is 1970 g/mol. The summed E-state index contributed by atoms with van der Waals surface area (Å²) in [6.07, 6.45) is 5.85. The Morgan fingerprint density at radius 3 is 1.10 bits per heavy atom. The van der Waals surface area contributed by atoms with Crippen molar-refractivity contribution >= 4 is 125 Å². The molecule has 4 aromatic carbocycles. The summed E-state index contributed by atoms with van der Waals surface area (Å²) in [5.41, 5.74) is 18.4. The lowest BCUT2D eigenvalue weighted by atomic mass is 10.1. The minimum absolute atomic E-state index is 0.00391. The number of carbonyl (C=O) groups is 5. The number of nitrogens with two attached hydrogens (primary N) is 3. The fourth-order valence-corrected chi connectivity index (χ4v) is 12.1. The zero-order valence-electron chi connectivity index (χ0n) is 74.8. The van der Waals surface area contributed by atoms with Crippen LogP contribution in [-0.4, -0.2) is 191 Å². The molecule has 0 atom stereocenters. The van der Waals surface area contributed by atoms with E-state index in [0.29, 0.717) is 87.0 Å². The van der Waals surface area contributed by atoms with E-state index in [9.17, 15) is 34.5 Å². The van der Waals surface area contributed by atoms with Gasteiger partial charge in [0, 0.05) is 58.9 Å². The second-order valence-corrected chi connectivity index (χ2v) is 35.0. The highest BCUT2D eigenvalue weighted by atomic mass is 79.9. The summed E-state index contributed by atoms with van der Waals surface area (Å²) in [6.45, 7) is 21.4. The first-order chi connectivity index (χ1) is 64.5. The van der Waals surface area contributed by atoms with Gasteiger partial charge < -0.3 is 69.1 Å². The third-order valence-electron chi connectivity index (χ3n) is 16.8. The van der Waals surface area contributed by atoms with Gasteiger partial charge in [-0.3, -0.25) is 0 Å². The molecule has 15 aromatic rings. The minimum Gasteiger partial charge on any atom is -0.476 e. The molecule has 8 N–H and O–H groups in total. The number of likely N-dealkylation sites (N-methyl/N-ethyl adjacent to an activating group) is 1. The van der Waals surface area contributed by atoms with Crippen LogP contribution in [0.4, 0.5) is 54.1 Å². The van der Waals surface area contributed by atoms with Crippen molar-refractivity contribution in [2.45, 2.75) is 105 Å². The molecule has 136 heavy (non-hydrogen) atoms. The highest BCUT2D eigenvalue weighted by molar-refractivity contribution is 9.11. The third-order valence-corrected chi connectivity index (χ3v) is 18.3. The number of carboxylic acid groups (broad SMARTS) is 1. The summed E-state index contributed by atoms with van der Waals surface area (Å²) in [6, 6.07) is 44.4. The summed E-state index contributed by atoms with van der Waals surface area (Å²) in [5.74, 6) is 0.469. The summed E-state index contributed by atoms with van der Waals surface area (Å²) in [7, 11) is 3.95. The molecule has 0 spiro atoms. The fourth-order valence-electron chi connectivity index (χ4n) is 11.1. The maximum absolute atomic E-state index is 13.4. The van der Waals surface area contributed by atoms with Crippen molar-refractivity contribution < 1.29 is 65.7 Å². The molecule has 11 aromatic heterocycles. The van der Waals surface area contributed by atoms with Crippen LogP contribution in [0.1, 0.15) is 105 Å². The molecule has 0 fully saturated rings. The molecule has 0 saturated carbocycles. The zero-order valence-corrected chi connectivity index (χ0v) is 80.3. The Balaban J connectivity index is 0.000000171. The van der Waals surface area contributed by atoms with Gasteiger partial charge in [0.25, 0.3) is 23.6 Å². The molecule has 0 bridgehead atoms. The van der Waals surface area contributed by atoms with Gasteiger partial charge in [0.1, 0.15) is 64.9 Å². The number of nitrogen functional groups attached to an aromatic ring is 3. The molecule has 43 nitrogen and oxygen atoms in total. The number of amides is 4. The van der Waals surface area contributed by atoms with Crippen molar-refractivity contribution in [2.75, 3.05) is 59.5 Å². The Morgan fingerprint density at radius 2 is 0.721 bits per heavy atom. The van der Waals surface area contributed by atoms with Gasteiger partial charge in [-0.2, -0.15) is 20.3 Å². The average Bonchev–Trinajstić information content (AvgIpc) is 1.08. The number of carboxylic acids is 1. The average molecular weight is 2060 g/mol. The number of anilines is 6. The number of imide groups is 2. The normalized spacial score (nSPS) is 11.1. The maximum atomic E-state index is 13.4. The largest absolute Gasteiger partial charge is 0.476 e. The van der Waals surface area contributed by atoms with E-state index >= 15 is 0 Å². The highest BCUT2D eigenvalue weighted by Gasteiger charge is 2.40. The summed E-state index contributed by atoms with van der Waals surface area (Å²) >= 11 is 15.6. The van der Waals surface area contributed by atoms with Crippen LogP contribution in [0.15, 0.2) is 208 Å². The van der Waals surface area contributed by atoms with Gasteiger partial charge in [0.05, 0.1) is 47.9 Å². The van der Waals surface area contributed by atoms with Gasteiger partial charge in [0.2, 0.25) is 23.6 Å². The van der Waals surface area contributed by atoms with Crippen molar-refractivity contribution in [3.05, 3.63) is 213 Å². The van der Waals surface area contributed by atoms with Crippen molar-refractivity contribution in [3.63, 3.8) is 0 Å². The van der Waals surface area contributed by atoms with Crippen LogP contribution in [0.3, 0.4) is 0 Å². The first-order valence-electron chi connectivity index (χ1n) is 40.3. The van der Waals surface area contributed by atoms with Gasteiger partial charge in [-0.25, -0.2) is 83.8 Å². The molecule has 4 amide bonds. The van der Waals surface area contributed by atoms with Gasteiger partial charge in [-0.1, -0.05) is 84.4 Å². The van der Waals surface area contributed by atoms with Crippen molar-refractivity contribution in [1.29, 1.82) is 10.5 Å². The molecular formula is C89H83Br3ClN29O14. The number of ether oxygens (including phenoxy) is 4. The van der Waals surface area contributed by atoms with E-state index in [0.717, 1.165) is 17.7 Å². The van der Waals surface area contributed by atoms with E-state index in [1.165, 1.54) is 43.2 Å². The molecule has 0 radical (unpaired) electrons. The molecule has 696 valence electrons. The molecule has 0 aliphatic rings. The van der Waals surface area contributed by atoms with E-state index in [1.807, 2.05) is 110 Å². The highest BCUT2D eigenvalue weighted by Crippen LogP contribution is 2.39. The lowest BCUT2D eigenvalue weighted by Crippen LogP contribution is -2.44. The van der Waals surface area contributed by atoms with Crippen molar-refractivity contribution in [1.82, 2.24) is 105 Å². The van der Waals surface area contributed by atoms with Gasteiger partial charge >= 0.3 is 30.3 Å². The lowest BCUT2D eigenvalue weighted by molar-refractivity contribution is 0.0406. The predicted molar refractivity (Wildman–Crippen MR) is 506 cm³/mol. The van der Waals surface area contributed by atoms with Crippen molar-refractivity contribution in [2.24, 2.45) is 0 Å². The molecule has 0 aliphatic heterocycles. The number of nitrogens with zero attached hydrogens (tertiary/aromatic N) is 25. The first kappa shape index (κ1) is 101. The van der Waals surface area contributed by atoms with Crippen LogP contribution in [0, 0.1) is 22.7 Å². The number of halogens is 4. The summed E-state index contributed by atoms with van der Waals surface area (Å²) in [4.78, 5) is 116. The number of pyridine rings is 2. The van der Waals surface area contributed by atoms with E-state index in [4.69, 9.17) is 70.5 Å². The Labute approximate surface area is 805 Å². The molecule has 11 heterocycles. The van der Waals surface area contributed by atoms with Gasteiger partial charge in [-0.05, 0) is 206 Å². The molecule has 0 aliphatic carbocycles. The van der Waals surface area contributed by atoms with Crippen LogP contribution < -0.4 is 32.3 Å². The summed E-state index contributed by atoms with van der Waals surface area (Å²) < 4.78 is 46.1. The standard InChI is InChI=1S/C28H26ClN7O5.C22H24BrN5O5.C22H21N9O.C12H8BrN5O.C5H4BrN3O2/c1-27(2,3)40-25(37)36(26(38)41-28(4,5)6)22-20(24-35-34-23(39-24)16-10-8-7-9-11-16)33-19(15-32-22)17-12-13-31-21(29)18(17)14-30;1-21(2,3)32-19(29)28(20(30)33-22(4,5)6)16-15(25-14(23)12-24-16)18-27-26-17(31-18)13-10-8-7-9-11-13;1-31(2)11-10-26-20-16(12-23)15(8-9-25-20)17-13-27-19(24)18(28-17)22-30-29-21(32-22)14-6-4-3-5-7-14;13-8-6-15-10(14)9(16-8)12-18-17-11(19-12)7-4-2-1-3-5-7;6-2-1-8-4(7)3(9-2)5(10)11/h7-13,15H,1-6H3;7-12H,1-6H3;3-9,13H,10-11H2,1-2H3,(H2,24,27)(H,25,26);1-6H,(H2,14,15);1H,(H2,7,8)(H,10,11). The molecule has 15 rings (SSSR count). The number of nitriles is 2. The van der Waals surface area contributed by atoms with Crippen LogP contribution in [0.5, 0.6) is 0 Å². The first-order valence-corrected chi connectivity index (χ1v) is 43.0. The van der Waals surface area contributed by atoms with E-state index < -0.39 is 52.7 Å². The number of benzene rings is 4. The molecule has 0 saturated heterocycles. The number of hydrogen-bond acceptors (Lipinski definition) is 40. The number of nitrogens with one attached hydrogen (secondary N) is 1. The van der Waals surface area contributed by atoms with E-state index in [2.05, 4.69) is 160 Å². The quantitative estimate of drug-likeness (QED) is 0.0417. The van der Waals surface area contributed by atoms with Gasteiger partial charge in [-0.15, -0.1) is 40.8 Å². The van der Waals surface area contributed by atoms with Crippen molar-refractivity contribution in [3.8, 4) is 127 Å². The molecule has 0 unspecified atom stereocenters. The maximum Gasteiger partial charge on any atom is 0.425 e. The SMILES string of the molecule is CC(C)(C)OC(=O)N(C(=O)OC(C)(C)C)c1ncc(-c2ccnc(Cl)c2C#N)nc1-c1nnc(-c2ccccc2)o1.CC(C)(C)OC(=O)N(C(=O)OC(C)(C)C)c1ncc(Br)nc1-c1nnc(-c2ccccc2)o1.CN(C)CCNc1nccc(-c2cnc(N)c(-c3nnc(-c4ccccc4)o3)n2)c1C#N.Nc1ncc(Br)nc1-c1nnc(-c2ccccc2)o1.Nc1ncc(Br)nc1C(=O)O. The monoisotopic (exact) mass is 2050 g/mol. The van der Waals surface area contributed by atoms with Crippen LogP contribution >= 0.6 is 59.4 Å². The Kier molecular flexibility index (Phi) is 32.9. The number of rotatable bonds is 17. The zero-order chi connectivity index (χ0) is 98.5. The van der Waals surface area contributed by atoms with E-state index in [1.54, 1.807) is 132 Å². The Morgan fingerprint density at radius 1 is 0.412 bits per heavy atom. The van der Waals surface area contributed by atoms with Crippen LogP contribution in [0.25, 0.3) is 115 Å². The van der Waals surface area contributed by atoms with Crippen LogP contribution in [-0.2, 0) is 18.9 Å². The lowest BCUT2D eigenvalue weighted by Gasteiger charge is -2.28. The second kappa shape index (κ2) is 44.5. The van der Waals surface area contributed by atoms with Crippen LogP contribution in [0.2, 0.25) is 5.15 Å². The topological polar surface area (TPSA) is 600 Å². The van der Waals surface area contributed by atoms with E-state index in [-0.39, 0.29) is 104 Å². The summed E-state index contributed by atoms with van der Waals surface area (Å²) in [5, 5.41) is 63.5. The molecule has 47 heteroatoms. The number of hydrogen-bond donors (Lipinski definition) is 5. The number of aromatic carboxylic acids is 1.